The summed E-state index contributed by atoms with van der Waals surface area (Å²) in [6, 6.07) is 7.13. The molecule has 0 aliphatic carbocycles. The highest BCUT2D eigenvalue weighted by Crippen LogP contribution is 2.22. The summed E-state index contributed by atoms with van der Waals surface area (Å²) in [6.45, 7) is 1.35. The van der Waals surface area contributed by atoms with Gasteiger partial charge in [0.15, 0.2) is 0 Å². The van der Waals surface area contributed by atoms with E-state index >= 15 is 0 Å². The molecule has 3 aromatic rings. The van der Waals surface area contributed by atoms with Crippen molar-refractivity contribution in [3.8, 4) is 5.75 Å². The number of nitrogens with zero attached hydrogens (tertiary/aromatic N) is 2. The number of fused-ring (bicyclic) bond motifs is 1. The molecule has 29 heavy (non-hydrogen) atoms. The van der Waals surface area contributed by atoms with Gasteiger partial charge in [0.2, 0.25) is 0 Å². The monoisotopic (exact) mass is 436 g/mol. The molecule has 0 fully saturated rings. The molecule has 154 valence electrons. The summed E-state index contributed by atoms with van der Waals surface area (Å²) in [5, 5.41) is 11.6. The molecule has 0 unspecified atom stereocenters. The van der Waals surface area contributed by atoms with Crippen LogP contribution in [0.5, 0.6) is 5.75 Å². The number of hydrogen-bond donors (Lipinski definition) is 1. The maximum absolute atomic E-state index is 13.0. The molecule has 0 aliphatic heterocycles. The van der Waals surface area contributed by atoms with Gasteiger partial charge in [0.05, 0.1) is 24.2 Å². The van der Waals surface area contributed by atoms with E-state index < -0.39 is 5.97 Å². The van der Waals surface area contributed by atoms with Crippen molar-refractivity contribution in [2.45, 2.75) is 25.8 Å². The Morgan fingerprint density at radius 2 is 2.00 bits per heavy atom. The van der Waals surface area contributed by atoms with Crippen LogP contribution in [0, 0.1) is 0 Å². The first-order valence-electron chi connectivity index (χ1n) is 9.12. The van der Waals surface area contributed by atoms with Crippen LogP contribution in [0.25, 0.3) is 10.2 Å². The second kappa shape index (κ2) is 9.87. The number of hydrogen-bond acceptors (Lipinski definition) is 6. The molecule has 0 atom stereocenters. The van der Waals surface area contributed by atoms with E-state index in [1.165, 1.54) is 16.7 Å². The lowest BCUT2D eigenvalue weighted by Gasteiger charge is -2.13. The van der Waals surface area contributed by atoms with Gasteiger partial charge in [-0.25, -0.2) is 9.78 Å². The predicted molar refractivity (Wildman–Crippen MR) is 113 cm³/mol. The predicted octanol–water partition coefficient (Wildman–Crippen LogP) is 3.86. The van der Waals surface area contributed by atoms with E-state index in [-0.39, 0.29) is 16.5 Å². The lowest BCUT2D eigenvalue weighted by Crippen LogP contribution is -2.27. The van der Waals surface area contributed by atoms with Gasteiger partial charge in [0, 0.05) is 30.5 Å². The average Bonchev–Trinajstić information content (AvgIpc) is 3.13. The van der Waals surface area contributed by atoms with Crippen molar-refractivity contribution in [2.75, 3.05) is 20.3 Å². The number of thiophene rings is 1. The molecule has 7 nitrogen and oxygen atoms in total. The first-order chi connectivity index (χ1) is 14.0. The molecule has 0 radical (unpaired) electrons. The number of carboxylic acid groups (broad SMARTS) is 1. The van der Waals surface area contributed by atoms with E-state index in [1.54, 1.807) is 35.9 Å². The van der Waals surface area contributed by atoms with Gasteiger partial charge in [0.25, 0.3) is 5.56 Å². The normalized spacial score (nSPS) is 11.1. The average molecular weight is 437 g/mol. The Balaban J connectivity index is 1.72. The Morgan fingerprint density at radius 1 is 1.24 bits per heavy atom. The number of unbranched alkanes of at least 4 members (excludes halogenated alkanes) is 1. The molecule has 2 heterocycles. The number of carbonyl (C=O) groups is 1. The van der Waals surface area contributed by atoms with E-state index in [2.05, 4.69) is 4.98 Å². The van der Waals surface area contributed by atoms with Crippen LogP contribution in [0.4, 0.5) is 0 Å². The summed E-state index contributed by atoms with van der Waals surface area (Å²) in [5.74, 6) is 0.212. The quantitative estimate of drug-likeness (QED) is 0.485. The summed E-state index contributed by atoms with van der Waals surface area (Å²) >= 11 is 7.02. The van der Waals surface area contributed by atoms with Crippen LogP contribution in [0.2, 0.25) is 5.02 Å². The van der Waals surface area contributed by atoms with Crippen LogP contribution < -0.4 is 10.3 Å². The van der Waals surface area contributed by atoms with Gasteiger partial charge in [-0.3, -0.25) is 9.36 Å². The summed E-state index contributed by atoms with van der Waals surface area (Å²) in [4.78, 5) is 29.4. The number of benzene rings is 1. The van der Waals surface area contributed by atoms with Crippen molar-refractivity contribution in [3.05, 3.63) is 56.4 Å². The Labute approximate surface area is 176 Å². The summed E-state index contributed by atoms with van der Waals surface area (Å²) in [7, 11) is 1.59. The van der Waals surface area contributed by atoms with Crippen molar-refractivity contribution in [2.24, 2.45) is 0 Å². The standard InChI is InChI=1S/C20H21ClN2O5S/c1-27-11-8-16-22-18-17(15(12-29-18)20(25)26)19(24)23(16)9-2-3-10-28-14-6-4-13(21)5-7-14/h4-7,12H,2-3,8-11H2,1H3,(H,25,26). The van der Waals surface area contributed by atoms with E-state index in [0.29, 0.717) is 48.3 Å². The Hall–Kier alpha value is -2.42. The topological polar surface area (TPSA) is 90.7 Å². The molecule has 3 rings (SSSR count). The van der Waals surface area contributed by atoms with Crippen molar-refractivity contribution in [3.63, 3.8) is 0 Å². The zero-order chi connectivity index (χ0) is 20.8. The lowest BCUT2D eigenvalue weighted by atomic mass is 10.2. The van der Waals surface area contributed by atoms with E-state index in [1.807, 2.05) is 0 Å². The van der Waals surface area contributed by atoms with E-state index in [0.717, 1.165) is 12.2 Å². The largest absolute Gasteiger partial charge is 0.494 e. The zero-order valence-electron chi connectivity index (χ0n) is 15.9. The molecular formula is C20H21ClN2O5S. The maximum atomic E-state index is 13.0. The highest BCUT2D eigenvalue weighted by atomic mass is 35.5. The highest BCUT2D eigenvalue weighted by Gasteiger charge is 2.19. The fourth-order valence-corrected chi connectivity index (χ4v) is 3.98. The number of aromatic nitrogens is 2. The number of methoxy groups -OCH3 is 1. The molecule has 0 saturated carbocycles. The molecule has 2 aromatic heterocycles. The first-order valence-corrected chi connectivity index (χ1v) is 10.4. The van der Waals surface area contributed by atoms with Gasteiger partial charge in [-0.05, 0) is 37.1 Å². The third kappa shape index (κ3) is 5.14. The third-order valence-corrected chi connectivity index (χ3v) is 5.52. The second-order valence-corrected chi connectivity index (χ2v) is 7.67. The summed E-state index contributed by atoms with van der Waals surface area (Å²) in [5.41, 5.74) is -0.320. The van der Waals surface area contributed by atoms with Crippen LogP contribution in [0.3, 0.4) is 0 Å². The molecule has 9 heteroatoms. The second-order valence-electron chi connectivity index (χ2n) is 6.37. The van der Waals surface area contributed by atoms with Crippen molar-refractivity contribution < 1.29 is 19.4 Å². The highest BCUT2D eigenvalue weighted by molar-refractivity contribution is 7.17. The molecule has 1 N–H and O–H groups in total. The van der Waals surface area contributed by atoms with E-state index in [9.17, 15) is 14.7 Å². The van der Waals surface area contributed by atoms with Crippen LogP contribution in [0.15, 0.2) is 34.4 Å². The first kappa shape index (κ1) is 21.3. The number of halogens is 1. The minimum absolute atomic E-state index is 0.000568. The zero-order valence-corrected chi connectivity index (χ0v) is 17.5. The van der Waals surface area contributed by atoms with Gasteiger partial charge in [-0.15, -0.1) is 11.3 Å². The van der Waals surface area contributed by atoms with Gasteiger partial charge in [0.1, 0.15) is 16.4 Å². The molecule has 0 aliphatic rings. The van der Waals surface area contributed by atoms with Gasteiger partial charge >= 0.3 is 5.97 Å². The van der Waals surface area contributed by atoms with Crippen molar-refractivity contribution in [1.82, 2.24) is 9.55 Å². The van der Waals surface area contributed by atoms with Crippen LogP contribution in [0.1, 0.15) is 29.0 Å². The van der Waals surface area contributed by atoms with Crippen LogP contribution in [-0.4, -0.2) is 41.0 Å². The molecule has 0 spiro atoms. The fourth-order valence-electron chi connectivity index (χ4n) is 2.93. The fraction of sp³-hybridized carbons (Fsp3) is 0.350. The molecule has 1 aromatic carbocycles. The number of rotatable bonds is 10. The Bertz CT molecular complexity index is 1050. The number of aromatic carboxylic acids is 1. The van der Waals surface area contributed by atoms with Crippen LogP contribution in [-0.2, 0) is 17.7 Å². The Kier molecular flexibility index (Phi) is 7.24. The molecule has 0 bridgehead atoms. The SMILES string of the molecule is COCCc1nc2scc(C(=O)O)c2c(=O)n1CCCCOc1ccc(Cl)cc1. The smallest absolute Gasteiger partial charge is 0.337 e. The van der Waals surface area contributed by atoms with Crippen LogP contribution >= 0.6 is 22.9 Å². The molecular weight excluding hydrogens is 416 g/mol. The summed E-state index contributed by atoms with van der Waals surface area (Å²) < 4.78 is 12.4. The molecule has 0 amide bonds. The van der Waals surface area contributed by atoms with Gasteiger partial charge in [-0.1, -0.05) is 11.6 Å². The maximum Gasteiger partial charge on any atom is 0.337 e. The lowest BCUT2D eigenvalue weighted by molar-refractivity contribution is 0.0699. The third-order valence-electron chi connectivity index (χ3n) is 4.39. The number of ether oxygens (including phenoxy) is 2. The van der Waals surface area contributed by atoms with E-state index in [4.69, 9.17) is 21.1 Å². The minimum Gasteiger partial charge on any atom is -0.494 e. The summed E-state index contributed by atoms with van der Waals surface area (Å²) in [6.07, 6.45) is 1.89. The van der Waals surface area contributed by atoms with Gasteiger partial charge in [-0.2, -0.15) is 0 Å². The van der Waals surface area contributed by atoms with Gasteiger partial charge < -0.3 is 14.6 Å². The van der Waals surface area contributed by atoms with Crippen molar-refractivity contribution >= 4 is 39.1 Å². The molecule has 0 saturated heterocycles. The number of carboxylic acids is 1. The minimum atomic E-state index is -1.12. The Morgan fingerprint density at radius 3 is 2.69 bits per heavy atom. The van der Waals surface area contributed by atoms with Crippen molar-refractivity contribution in [1.29, 1.82) is 0 Å².